The predicted octanol–water partition coefficient (Wildman–Crippen LogP) is 3.13. The first kappa shape index (κ1) is 13.3. The summed E-state index contributed by atoms with van der Waals surface area (Å²) in [6, 6.07) is 11.4. The molecule has 0 amide bonds. The van der Waals surface area contributed by atoms with Crippen molar-refractivity contribution in [1.29, 1.82) is 0 Å². The van der Waals surface area contributed by atoms with Crippen LogP contribution in [0.5, 0.6) is 0 Å². The van der Waals surface area contributed by atoms with Gasteiger partial charge in [-0.3, -0.25) is 0 Å². The highest BCUT2D eigenvalue weighted by molar-refractivity contribution is 9.10. The molecule has 1 heterocycles. The summed E-state index contributed by atoms with van der Waals surface area (Å²) in [5, 5.41) is 10.3. The third-order valence-electron chi connectivity index (χ3n) is 2.96. The van der Waals surface area contributed by atoms with Crippen molar-refractivity contribution in [2.45, 2.75) is 18.9 Å². The van der Waals surface area contributed by atoms with E-state index < -0.39 is 6.10 Å². The zero-order chi connectivity index (χ0) is 13.1. The predicted molar refractivity (Wildman–Crippen MR) is 74.3 cm³/mol. The largest absolute Gasteiger partial charge is 0.464 e. The number of nitrogens with two attached hydrogens (primary N) is 1. The van der Waals surface area contributed by atoms with Crippen LogP contribution in [0.15, 0.2) is 45.3 Å². The molecule has 0 spiro atoms. The van der Waals surface area contributed by atoms with Gasteiger partial charge in [-0.05, 0) is 36.8 Å². The van der Waals surface area contributed by atoms with Gasteiger partial charge in [-0.1, -0.05) is 28.1 Å². The maximum Gasteiger partial charge on any atom is 0.133 e. The molecule has 3 N–H and O–H groups in total. The number of rotatable bonds is 4. The van der Waals surface area contributed by atoms with Gasteiger partial charge in [0.25, 0.3) is 0 Å². The Morgan fingerprint density at radius 2 is 2.11 bits per heavy atom. The van der Waals surface area contributed by atoms with Crippen LogP contribution in [0.4, 0.5) is 0 Å². The molecule has 0 aliphatic rings. The molecule has 0 aliphatic heterocycles. The van der Waals surface area contributed by atoms with Gasteiger partial charge in [-0.25, -0.2) is 0 Å². The number of hydrogen-bond acceptors (Lipinski definition) is 3. The van der Waals surface area contributed by atoms with Crippen LogP contribution < -0.4 is 5.73 Å². The highest BCUT2D eigenvalue weighted by Crippen LogP contribution is 2.32. The second kappa shape index (κ2) is 5.69. The standard InChI is InChI=1S/C14H16BrNO2/c1-9-5-6-13(18-9)14(17)12(8-16)10-3-2-4-11(15)7-10/h2-7,12,14,17H,8,16H2,1H3. The van der Waals surface area contributed by atoms with Gasteiger partial charge < -0.3 is 15.3 Å². The molecule has 1 aromatic heterocycles. The van der Waals surface area contributed by atoms with Gasteiger partial charge in [0.15, 0.2) is 0 Å². The normalized spacial score (nSPS) is 14.4. The first-order chi connectivity index (χ1) is 8.61. The lowest BCUT2D eigenvalue weighted by Gasteiger charge is -2.20. The fraction of sp³-hybridized carbons (Fsp3) is 0.286. The van der Waals surface area contributed by atoms with Crippen LogP contribution >= 0.6 is 15.9 Å². The molecule has 2 rings (SSSR count). The van der Waals surface area contributed by atoms with Gasteiger partial charge in [0.05, 0.1) is 0 Å². The maximum atomic E-state index is 10.3. The molecule has 1 aromatic carbocycles. The Morgan fingerprint density at radius 1 is 1.33 bits per heavy atom. The summed E-state index contributed by atoms with van der Waals surface area (Å²) in [5.74, 6) is 1.17. The van der Waals surface area contributed by atoms with Crippen LogP contribution in [0.1, 0.15) is 29.1 Å². The summed E-state index contributed by atoms with van der Waals surface area (Å²) in [6.07, 6.45) is -0.724. The SMILES string of the molecule is Cc1ccc(C(O)C(CN)c2cccc(Br)c2)o1. The van der Waals surface area contributed by atoms with Gasteiger partial charge >= 0.3 is 0 Å². The monoisotopic (exact) mass is 309 g/mol. The van der Waals surface area contributed by atoms with Crippen LogP contribution in [-0.4, -0.2) is 11.7 Å². The quantitative estimate of drug-likeness (QED) is 0.912. The van der Waals surface area contributed by atoms with E-state index >= 15 is 0 Å². The lowest BCUT2D eigenvalue weighted by molar-refractivity contribution is 0.121. The molecular formula is C14H16BrNO2. The van der Waals surface area contributed by atoms with E-state index in [0.717, 1.165) is 15.8 Å². The molecule has 0 saturated heterocycles. The van der Waals surface area contributed by atoms with Crippen LogP contribution in [0.2, 0.25) is 0 Å². The van der Waals surface area contributed by atoms with Crippen molar-refractivity contribution in [3.05, 3.63) is 58.0 Å². The molecule has 96 valence electrons. The highest BCUT2D eigenvalue weighted by atomic mass is 79.9. The molecule has 4 heteroatoms. The number of hydrogen-bond donors (Lipinski definition) is 2. The summed E-state index contributed by atoms with van der Waals surface area (Å²) < 4.78 is 6.44. The average Bonchev–Trinajstić information content (AvgIpc) is 2.77. The van der Waals surface area contributed by atoms with E-state index in [1.165, 1.54) is 0 Å². The molecule has 2 atom stereocenters. The molecule has 2 aromatic rings. The first-order valence-electron chi connectivity index (χ1n) is 5.81. The van der Waals surface area contributed by atoms with E-state index in [1.807, 2.05) is 37.3 Å². The van der Waals surface area contributed by atoms with Crippen molar-refractivity contribution in [1.82, 2.24) is 0 Å². The summed E-state index contributed by atoms with van der Waals surface area (Å²) >= 11 is 3.42. The molecule has 0 aliphatic carbocycles. The summed E-state index contributed by atoms with van der Waals surface area (Å²) in [6.45, 7) is 2.21. The minimum absolute atomic E-state index is 0.173. The van der Waals surface area contributed by atoms with Crippen molar-refractivity contribution >= 4 is 15.9 Å². The number of benzene rings is 1. The van der Waals surface area contributed by atoms with Crippen molar-refractivity contribution < 1.29 is 9.52 Å². The number of aliphatic hydroxyl groups excluding tert-OH is 1. The zero-order valence-corrected chi connectivity index (χ0v) is 11.7. The third kappa shape index (κ3) is 2.83. The van der Waals surface area contributed by atoms with E-state index in [0.29, 0.717) is 12.3 Å². The Hall–Kier alpha value is -1.10. The van der Waals surface area contributed by atoms with Gasteiger partial charge in [-0.15, -0.1) is 0 Å². The molecule has 2 unspecified atom stereocenters. The summed E-state index contributed by atoms with van der Waals surface area (Å²) in [4.78, 5) is 0. The number of aliphatic hydroxyl groups is 1. The molecule has 3 nitrogen and oxygen atoms in total. The molecule has 0 radical (unpaired) electrons. The van der Waals surface area contributed by atoms with Gasteiger partial charge in [0.2, 0.25) is 0 Å². The second-order valence-electron chi connectivity index (χ2n) is 4.29. The maximum absolute atomic E-state index is 10.3. The Morgan fingerprint density at radius 3 is 2.67 bits per heavy atom. The fourth-order valence-electron chi connectivity index (χ4n) is 2.00. The molecule has 0 bridgehead atoms. The summed E-state index contributed by atoms with van der Waals surface area (Å²) in [5.41, 5.74) is 6.78. The Bertz CT molecular complexity index is 524. The van der Waals surface area contributed by atoms with Crippen LogP contribution in [0.3, 0.4) is 0 Å². The van der Waals surface area contributed by atoms with Crippen molar-refractivity contribution in [3.8, 4) is 0 Å². The number of aryl methyl sites for hydroxylation is 1. The smallest absolute Gasteiger partial charge is 0.133 e. The molecular weight excluding hydrogens is 294 g/mol. The average molecular weight is 310 g/mol. The van der Waals surface area contributed by atoms with Crippen molar-refractivity contribution in [2.24, 2.45) is 5.73 Å². The van der Waals surface area contributed by atoms with Gasteiger partial charge in [0.1, 0.15) is 17.6 Å². The lowest BCUT2D eigenvalue weighted by Crippen LogP contribution is -2.19. The van der Waals surface area contributed by atoms with E-state index in [2.05, 4.69) is 15.9 Å². The van der Waals surface area contributed by atoms with Gasteiger partial charge in [-0.2, -0.15) is 0 Å². The van der Waals surface area contributed by atoms with E-state index in [1.54, 1.807) is 6.07 Å². The minimum Gasteiger partial charge on any atom is -0.464 e. The lowest BCUT2D eigenvalue weighted by atomic mass is 9.92. The van der Waals surface area contributed by atoms with E-state index in [9.17, 15) is 5.11 Å². The Labute approximate surface area is 115 Å². The van der Waals surface area contributed by atoms with E-state index in [-0.39, 0.29) is 5.92 Å². The van der Waals surface area contributed by atoms with Crippen molar-refractivity contribution in [2.75, 3.05) is 6.54 Å². The Kier molecular flexibility index (Phi) is 4.22. The third-order valence-corrected chi connectivity index (χ3v) is 3.46. The van der Waals surface area contributed by atoms with Crippen LogP contribution in [0, 0.1) is 6.92 Å². The second-order valence-corrected chi connectivity index (χ2v) is 5.21. The topological polar surface area (TPSA) is 59.4 Å². The zero-order valence-electron chi connectivity index (χ0n) is 10.1. The molecule has 18 heavy (non-hydrogen) atoms. The highest BCUT2D eigenvalue weighted by Gasteiger charge is 2.24. The number of furan rings is 1. The van der Waals surface area contributed by atoms with E-state index in [4.69, 9.17) is 10.2 Å². The van der Waals surface area contributed by atoms with Crippen LogP contribution in [0.25, 0.3) is 0 Å². The summed E-state index contributed by atoms with van der Waals surface area (Å²) in [7, 11) is 0. The fourth-order valence-corrected chi connectivity index (χ4v) is 2.41. The van der Waals surface area contributed by atoms with Gasteiger partial charge in [0, 0.05) is 16.9 Å². The number of halogens is 1. The first-order valence-corrected chi connectivity index (χ1v) is 6.61. The molecule has 0 fully saturated rings. The van der Waals surface area contributed by atoms with Crippen LogP contribution in [-0.2, 0) is 0 Å². The Balaban J connectivity index is 2.28. The minimum atomic E-state index is -0.724. The van der Waals surface area contributed by atoms with Crippen molar-refractivity contribution in [3.63, 3.8) is 0 Å². The molecule has 0 saturated carbocycles.